The summed E-state index contributed by atoms with van der Waals surface area (Å²) in [6.45, 7) is 3.97. The molecule has 0 fully saturated rings. The van der Waals surface area contributed by atoms with Crippen LogP contribution in [0, 0.1) is 25.2 Å². The number of amides is 1. The molecule has 0 aliphatic heterocycles. The fraction of sp³-hybridized carbons (Fsp3) is 0.120. The van der Waals surface area contributed by atoms with E-state index >= 15 is 0 Å². The number of hydrogen-bond donors (Lipinski definition) is 2. The van der Waals surface area contributed by atoms with Crippen LogP contribution in [-0.2, 0) is 4.79 Å². The van der Waals surface area contributed by atoms with Crippen molar-refractivity contribution in [1.29, 1.82) is 5.26 Å². The van der Waals surface area contributed by atoms with E-state index in [2.05, 4.69) is 10.6 Å². The van der Waals surface area contributed by atoms with Crippen LogP contribution in [0.15, 0.2) is 90.6 Å². The Kier molecular flexibility index (Phi) is 6.44. The Labute approximate surface area is 171 Å². The van der Waals surface area contributed by atoms with Crippen LogP contribution in [0.3, 0.4) is 0 Å². The Balaban J connectivity index is 1.84. The molecule has 0 bridgehead atoms. The third-order valence-electron chi connectivity index (χ3n) is 4.67. The van der Waals surface area contributed by atoms with Gasteiger partial charge >= 0.3 is 0 Å². The van der Waals surface area contributed by atoms with Crippen LogP contribution in [0.4, 0.5) is 5.69 Å². The van der Waals surface area contributed by atoms with Crippen molar-refractivity contribution < 1.29 is 4.79 Å². The van der Waals surface area contributed by atoms with Crippen LogP contribution in [0.5, 0.6) is 0 Å². The number of aryl methyl sites for hydroxylation is 2. The van der Waals surface area contributed by atoms with Crippen molar-refractivity contribution in [1.82, 2.24) is 5.32 Å². The molecule has 0 saturated carbocycles. The van der Waals surface area contributed by atoms with Gasteiger partial charge in [-0.25, -0.2) is 0 Å². The number of carbonyl (C=O) groups excluding carboxylic acids is 1. The summed E-state index contributed by atoms with van der Waals surface area (Å²) in [4.78, 5) is 12.9. The van der Waals surface area contributed by atoms with Gasteiger partial charge in [0.2, 0.25) is 0 Å². The summed E-state index contributed by atoms with van der Waals surface area (Å²) in [7, 11) is 0. The van der Waals surface area contributed by atoms with E-state index in [9.17, 15) is 10.1 Å². The van der Waals surface area contributed by atoms with Crippen molar-refractivity contribution in [2.75, 3.05) is 5.32 Å². The molecule has 2 N–H and O–H groups in total. The second kappa shape index (κ2) is 9.38. The van der Waals surface area contributed by atoms with Gasteiger partial charge in [-0.05, 0) is 42.2 Å². The maximum atomic E-state index is 12.9. The first kappa shape index (κ1) is 19.9. The predicted molar refractivity (Wildman–Crippen MR) is 116 cm³/mol. The molecule has 0 spiro atoms. The maximum Gasteiger partial charge on any atom is 0.264 e. The molecule has 4 nitrogen and oxygen atoms in total. The molecule has 144 valence electrons. The average molecular weight is 381 g/mol. The van der Waals surface area contributed by atoms with E-state index in [-0.39, 0.29) is 11.6 Å². The maximum absolute atomic E-state index is 12.9. The van der Waals surface area contributed by atoms with E-state index in [0.717, 1.165) is 27.9 Å². The van der Waals surface area contributed by atoms with Crippen molar-refractivity contribution >= 4 is 11.6 Å². The minimum Gasteiger partial charge on any atom is -0.360 e. The van der Waals surface area contributed by atoms with Gasteiger partial charge in [0.05, 0.1) is 6.04 Å². The van der Waals surface area contributed by atoms with Gasteiger partial charge in [-0.1, -0.05) is 72.8 Å². The van der Waals surface area contributed by atoms with E-state index in [0.29, 0.717) is 0 Å². The van der Waals surface area contributed by atoms with Crippen LogP contribution < -0.4 is 10.6 Å². The third kappa shape index (κ3) is 5.12. The predicted octanol–water partition coefficient (Wildman–Crippen LogP) is 5.03. The molecule has 0 aliphatic carbocycles. The molecular weight excluding hydrogens is 358 g/mol. The quantitative estimate of drug-likeness (QED) is 0.465. The van der Waals surface area contributed by atoms with Crippen molar-refractivity contribution in [2.45, 2.75) is 19.9 Å². The zero-order valence-corrected chi connectivity index (χ0v) is 16.5. The molecular formula is C25H23N3O. The zero-order chi connectivity index (χ0) is 20.6. The van der Waals surface area contributed by atoms with Gasteiger partial charge in [0.15, 0.2) is 0 Å². The van der Waals surface area contributed by atoms with E-state index in [1.807, 2.05) is 98.8 Å². The first-order chi connectivity index (χ1) is 14.1. The topological polar surface area (TPSA) is 64.9 Å². The number of nitriles is 1. The lowest BCUT2D eigenvalue weighted by molar-refractivity contribution is -0.117. The molecule has 0 radical (unpaired) electrons. The number of carbonyl (C=O) groups is 1. The van der Waals surface area contributed by atoms with E-state index in [1.54, 1.807) is 0 Å². The van der Waals surface area contributed by atoms with Gasteiger partial charge in [-0.3, -0.25) is 4.79 Å². The first-order valence-electron chi connectivity index (χ1n) is 9.43. The van der Waals surface area contributed by atoms with Gasteiger partial charge in [0.1, 0.15) is 11.6 Å². The van der Waals surface area contributed by atoms with Crippen LogP contribution >= 0.6 is 0 Å². The Morgan fingerprint density at radius 1 is 0.931 bits per heavy atom. The highest BCUT2D eigenvalue weighted by molar-refractivity contribution is 5.98. The highest BCUT2D eigenvalue weighted by atomic mass is 16.1. The van der Waals surface area contributed by atoms with E-state index in [4.69, 9.17) is 0 Å². The second-order valence-electron chi connectivity index (χ2n) is 6.86. The van der Waals surface area contributed by atoms with Gasteiger partial charge in [-0.15, -0.1) is 0 Å². The fourth-order valence-corrected chi connectivity index (χ4v) is 3.05. The summed E-state index contributed by atoms with van der Waals surface area (Å²) in [5, 5.41) is 15.6. The summed E-state index contributed by atoms with van der Waals surface area (Å²) < 4.78 is 0. The van der Waals surface area contributed by atoms with E-state index in [1.165, 1.54) is 6.20 Å². The fourth-order valence-electron chi connectivity index (χ4n) is 3.05. The lowest BCUT2D eigenvalue weighted by Gasteiger charge is -2.19. The SMILES string of the molecule is Cc1ccc(C)c(N/C=C(/C#N)C(=O)NC(c2ccccc2)c2ccccc2)c1. The first-order valence-corrected chi connectivity index (χ1v) is 9.43. The summed E-state index contributed by atoms with van der Waals surface area (Å²) in [5.74, 6) is -0.428. The number of nitrogens with one attached hydrogen (secondary N) is 2. The van der Waals surface area contributed by atoms with Crippen LogP contribution in [0.2, 0.25) is 0 Å². The lowest BCUT2D eigenvalue weighted by atomic mass is 9.98. The van der Waals surface area contributed by atoms with Crippen molar-refractivity contribution in [3.8, 4) is 6.07 Å². The Morgan fingerprint density at radius 2 is 1.52 bits per heavy atom. The number of benzene rings is 3. The van der Waals surface area contributed by atoms with Gasteiger partial charge < -0.3 is 10.6 Å². The summed E-state index contributed by atoms with van der Waals surface area (Å²) in [6.07, 6.45) is 1.46. The van der Waals surface area contributed by atoms with Gasteiger partial charge in [0, 0.05) is 11.9 Å². The Hall–Kier alpha value is -3.84. The van der Waals surface area contributed by atoms with Gasteiger partial charge in [0.25, 0.3) is 5.91 Å². The molecule has 3 aromatic rings. The molecule has 4 heteroatoms. The highest BCUT2D eigenvalue weighted by Gasteiger charge is 2.19. The Bertz CT molecular complexity index is 1010. The summed E-state index contributed by atoms with van der Waals surface area (Å²) >= 11 is 0. The number of nitrogens with zero attached hydrogens (tertiary/aromatic N) is 1. The summed E-state index contributed by atoms with van der Waals surface area (Å²) in [6, 6.07) is 27.1. The minimum absolute atomic E-state index is 0.0165. The number of hydrogen-bond acceptors (Lipinski definition) is 3. The molecule has 0 atom stereocenters. The monoisotopic (exact) mass is 381 g/mol. The number of anilines is 1. The number of rotatable bonds is 6. The normalized spacial score (nSPS) is 11.0. The molecule has 0 unspecified atom stereocenters. The molecule has 0 heterocycles. The third-order valence-corrected chi connectivity index (χ3v) is 4.67. The average Bonchev–Trinajstić information content (AvgIpc) is 2.76. The zero-order valence-electron chi connectivity index (χ0n) is 16.5. The molecule has 29 heavy (non-hydrogen) atoms. The van der Waals surface area contributed by atoms with Crippen LogP contribution in [0.1, 0.15) is 28.3 Å². The summed E-state index contributed by atoms with van der Waals surface area (Å²) in [5.41, 5.74) is 4.92. The van der Waals surface area contributed by atoms with Crippen LogP contribution in [0.25, 0.3) is 0 Å². The molecule has 0 saturated heterocycles. The largest absolute Gasteiger partial charge is 0.360 e. The van der Waals surface area contributed by atoms with Crippen molar-refractivity contribution in [3.63, 3.8) is 0 Å². The molecule has 3 aromatic carbocycles. The molecule has 0 aliphatic rings. The van der Waals surface area contributed by atoms with Crippen molar-refractivity contribution in [2.24, 2.45) is 0 Å². The highest BCUT2D eigenvalue weighted by Crippen LogP contribution is 2.22. The Morgan fingerprint density at radius 3 is 2.07 bits per heavy atom. The van der Waals surface area contributed by atoms with Crippen molar-refractivity contribution in [3.05, 3.63) is 113 Å². The molecule has 3 rings (SSSR count). The minimum atomic E-state index is -0.428. The van der Waals surface area contributed by atoms with E-state index < -0.39 is 5.91 Å². The lowest BCUT2D eigenvalue weighted by Crippen LogP contribution is -2.30. The second-order valence-corrected chi connectivity index (χ2v) is 6.86. The van der Waals surface area contributed by atoms with Crippen LogP contribution in [-0.4, -0.2) is 5.91 Å². The van der Waals surface area contributed by atoms with Gasteiger partial charge in [-0.2, -0.15) is 5.26 Å². The molecule has 0 aromatic heterocycles. The smallest absolute Gasteiger partial charge is 0.264 e. The standard InChI is InChI=1S/C25H23N3O/c1-18-13-14-19(2)23(15-18)27-17-22(16-26)25(29)28-24(20-9-5-3-6-10-20)21-11-7-4-8-12-21/h3-15,17,24,27H,1-2H3,(H,28,29)/b22-17-. The molecule has 1 amide bonds.